The summed E-state index contributed by atoms with van der Waals surface area (Å²) in [6, 6.07) is 10.7. The first-order chi connectivity index (χ1) is 17.0. The molecular weight excluding hydrogens is 480 g/mol. The van der Waals surface area contributed by atoms with Crippen molar-refractivity contribution in [2.24, 2.45) is 0 Å². The van der Waals surface area contributed by atoms with Crippen molar-refractivity contribution in [2.45, 2.75) is 25.3 Å². The minimum atomic E-state index is -2.85. The minimum Gasteiger partial charge on any atom is -0.303 e. The van der Waals surface area contributed by atoms with Crippen LogP contribution in [0.5, 0.6) is 0 Å². The molecule has 0 spiro atoms. The van der Waals surface area contributed by atoms with Crippen molar-refractivity contribution < 1.29 is 8.42 Å². The van der Waals surface area contributed by atoms with Gasteiger partial charge in [0.05, 0.1) is 28.2 Å². The van der Waals surface area contributed by atoms with Gasteiger partial charge in [-0.25, -0.2) is 22.9 Å². The maximum absolute atomic E-state index is 11.8. The number of sulfone groups is 1. The second-order valence-electron chi connectivity index (χ2n) is 9.17. The van der Waals surface area contributed by atoms with Crippen LogP contribution in [0, 0.1) is 0 Å². The Morgan fingerprint density at radius 1 is 1.17 bits per heavy atom. The number of nitrogens with zero attached hydrogens (tertiary/aromatic N) is 6. The number of pyridine rings is 2. The van der Waals surface area contributed by atoms with Crippen LogP contribution in [0.4, 0.5) is 0 Å². The van der Waals surface area contributed by atoms with Crippen LogP contribution < -0.4 is 0 Å². The van der Waals surface area contributed by atoms with Crippen LogP contribution in [0.15, 0.2) is 59.8 Å². The first-order valence-electron chi connectivity index (χ1n) is 11.7. The van der Waals surface area contributed by atoms with Crippen LogP contribution in [0.25, 0.3) is 33.6 Å². The van der Waals surface area contributed by atoms with Gasteiger partial charge >= 0.3 is 0 Å². The summed E-state index contributed by atoms with van der Waals surface area (Å²) < 4.78 is 27.5. The smallest absolute Gasteiger partial charge is 0.150 e. The van der Waals surface area contributed by atoms with E-state index < -0.39 is 9.84 Å². The van der Waals surface area contributed by atoms with E-state index >= 15 is 0 Å². The van der Waals surface area contributed by atoms with Crippen molar-refractivity contribution in [1.82, 2.24) is 29.0 Å². The van der Waals surface area contributed by atoms with Gasteiger partial charge in [0, 0.05) is 47.5 Å². The quantitative estimate of drug-likeness (QED) is 0.348. The van der Waals surface area contributed by atoms with Gasteiger partial charge in [-0.3, -0.25) is 4.57 Å². The lowest BCUT2D eigenvalue weighted by Gasteiger charge is -2.31. The van der Waals surface area contributed by atoms with E-state index in [1.807, 2.05) is 33.7 Å². The highest BCUT2D eigenvalue weighted by Crippen LogP contribution is 2.28. The molecule has 0 aromatic carbocycles. The van der Waals surface area contributed by atoms with Gasteiger partial charge in [-0.1, -0.05) is 0 Å². The minimum absolute atomic E-state index is 0.295. The van der Waals surface area contributed by atoms with E-state index in [2.05, 4.69) is 51.0 Å². The zero-order valence-corrected chi connectivity index (χ0v) is 21.0. The number of hydrogen-bond acceptors (Lipinski definition) is 7. The third-order valence-corrected chi connectivity index (χ3v) is 9.27. The van der Waals surface area contributed by atoms with Gasteiger partial charge in [0.15, 0.2) is 0 Å². The summed E-state index contributed by atoms with van der Waals surface area (Å²) in [5.41, 5.74) is 6.92. The topological polar surface area (TPSA) is 85.4 Å². The lowest BCUT2D eigenvalue weighted by molar-refractivity contribution is 0.229. The van der Waals surface area contributed by atoms with Crippen LogP contribution in [0.1, 0.15) is 18.4 Å². The highest BCUT2D eigenvalue weighted by Gasteiger charge is 2.26. The lowest BCUT2D eigenvalue weighted by Crippen LogP contribution is -2.39. The summed E-state index contributed by atoms with van der Waals surface area (Å²) in [4.78, 5) is 11.9. The average molecular weight is 507 g/mol. The first kappa shape index (κ1) is 22.4. The zero-order chi connectivity index (χ0) is 24.0. The first-order valence-corrected chi connectivity index (χ1v) is 14.5. The molecule has 0 atom stereocenters. The molecule has 1 saturated heterocycles. The molecule has 5 aromatic rings. The molecule has 10 heteroatoms. The van der Waals surface area contributed by atoms with Crippen LogP contribution in [0.2, 0.25) is 0 Å². The van der Waals surface area contributed by atoms with Crippen molar-refractivity contribution in [3.8, 4) is 17.1 Å². The molecule has 35 heavy (non-hydrogen) atoms. The Kier molecular flexibility index (Phi) is 5.66. The van der Waals surface area contributed by atoms with E-state index in [9.17, 15) is 8.42 Å². The molecule has 0 unspecified atom stereocenters. The van der Waals surface area contributed by atoms with E-state index in [1.54, 1.807) is 17.5 Å². The highest BCUT2D eigenvalue weighted by atomic mass is 32.2. The number of hydrogen-bond donors (Lipinski definition) is 0. The van der Waals surface area contributed by atoms with Gasteiger partial charge in [0.25, 0.3) is 0 Å². The molecule has 6 heterocycles. The van der Waals surface area contributed by atoms with E-state index in [-0.39, 0.29) is 0 Å². The molecule has 6 rings (SSSR count). The monoisotopic (exact) mass is 506 g/mol. The second kappa shape index (κ2) is 8.85. The Morgan fingerprint density at radius 3 is 2.83 bits per heavy atom. The fourth-order valence-electron chi connectivity index (χ4n) is 4.91. The molecule has 0 radical (unpaired) electrons. The van der Waals surface area contributed by atoms with Crippen LogP contribution in [-0.4, -0.2) is 68.6 Å². The molecule has 0 saturated carbocycles. The lowest BCUT2D eigenvalue weighted by atomic mass is 10.1. The number of rotatable bonds is 6. The summed E-state index contributed by atoms with van der Waals surface area (Å²) in [5, 5.41) is 7.43. The Labute approximate surface area is 207 Å². The molecule has 1 fully saturated rings. The van der Waals surface area contributed by atoms with Crippen molar-refractivity contribution in [3.63, 3.8) is 0 Å². The van der Waals surface area contributed by atoms with Gasteiger partial charge in [-0.05, 0) is 62.2 Å². The largest absolute Gasteiger partial charge is 0.303 e. The van der Waals surface area contributed by atoms with Crippen molar-refractivity contribution >= 4 is 37.7 Å². The van der Waals surface area contributed by atoms with E-state index in [1.165, 1.54) is 5.56 Å². The van der Waals surface area contributed by atoms with Gasteiger partial charge < -0.3 is 4.90 Å². The van der Waals surface area contributed by atoms with Crippen molar-refractivity contribution in [2.75, 3.05) is 25.1 Å². The van der Waals surface area contributed by atoms with E-state index in [0.29, 0.717) is 30.4 Å². The predicted octanol–water partition coefficient (Wildman–Crippen LogP) is 3.85. The molecule has 5 aromatic heterocycles. The summed E-state index contributed by atoms with van der Waals surface area (Å²) in [7, 11) is -0.750. The van der Waals surface area contributed by atoms with Crippen molar-refractivity contribution in [1.29, 1.82) is 0 Å². The second-order valence-corrected chi connectivity index (χ2v) is 12.2. The summed E-state index contributed by atoms with van der Waals surface area (Å²) in [5.74, 6) is 1.46. The van der Waals surface area contributed by atoms with Crippen LogP contribution in [-0.2, 0) is 16.3 Å². The highest BCUT2D eigenvalue weighted by molar-refractivity contribution is 7.91. The molecule has 1 aliphatic heterocycles. The standard InChI is InChI=1S/C25H26N6O2S2/c1-29(20-7-12-35(32,33)13-8-20)10-5-19-15-30(24-16-34-17-26-24)25-22(19)2-3-23(28-25)18-6-11-31-21(14-18)4-9-27-31/h2-4,6,9,11,14-17,20H,5,7-8,10,12-13H2,1H3. The predicted molar refractivity (Wildman–Crippen MR) is 139 cm³/mol. The van der Waals surface area contributed by atoms with Crippen LogP contribution in [0.3, 0.4) is 0 Å². The maximum Gasteiger partial charge on any atom is 0.150 e. The molecule has 0 bridgehead atoms. The molecule has 0 aliphatic carbocycles. The Morgan fingerprint density at radius 2 is 2.03 bits per heavy atom. The third-order valence-electron chi connectivity index (χ3n) is 6.98. The Balaban J connectivity index is 1.31. The molecular formula is C25H26N6O2S2. The SMILES string of the molecule is CN(CCc1cn(-c2cscn2)c2nc(-c3ccn4nccc4c3)ccc12)C1CCS(=O)(=O)CC1. The average Bonchev–Trinajstić information content (AvgIpc) is 3.61. The number of fused-ring (bicyclic) bond motifs is 2. The Bertz CT molecular complexity index is 1590. The van der Waals surface area contributed by atoms with Crippen molar-refractivity contribution in [3.05, 3.63) is 65.4 Å². The number of likely N-dealkylation sites (N-methyl/N-ethyl adjacent to an activating group) is 1. The third kappa shape index (κ3) is 4.37. The normalized spacial score (nSPS) is 16.5. The Hall–Kier alpha value is -3.08. The fourth-order valence-corrected chi connectivity index (χ4v) is 6.90. The fraction of sp³-hybridized carbons (Fsp3) is 0.320. The number of aromatic nitrogens is 5. The molecule has 180 valence electrons. The zero-order valence-electron chi connectivity index (χ0n) is 19.4. The maximum atomic E-state index is 11.8. The van der Waals surface area contributed by atoms with Gasteiger partial charge in [0.2, 0.25) is 0 Å². The van der Waals surface area contributed by atoms with Gasteiger partial charge in [0.1, 0.15) is 21.3 Å². The summed E-state index contributed by atoms with van der Waals surface area (Å²) in [6.07, 6.45) is 8.18. The van der Waals surface area contributed by atoms with Crippen LogP contribution >= 0.6 is 11.3 Å². The van der Waals surface area contributed by atoms with Gasteiger partial charge in [-0.2, -0.15) is 5.10 Å². The molecule has 8 nitrogen and oxygen atoms in total. The summed E-state index contributed by atoms with van der Waals surface area (Å²) >= 11 is 1.57. The molecule has 1 aliphatic rings. The van der Waals surface area contributed by atoms with E-state index in [0.717, 1.165) is 46.6 Å². The van der Waals surface area contributed by atoms with Gasteiger partial charge in [-0.15, -0.1) is 11.3 Å². The molecule has 0 amide bonds. The van der Waals surface area contributed by atoms with E-state index in [4.69, 9.17) is 4.98 Å². The number of thiazole rings is 1. The molecule has 0 N–H and O–H groups in total. The summed E-state index contributed by atoms with van der Waals surface area (Å²) in [6.45, 7) is 0.862.